The third-order valence-electron chi connectivity index (χ3n) is 7.09. The zero-order valence-corrected chi connectivity index (χ0v) is 31.3. The fourth-order valence-corrected chi connectivity index (χ4v) is 8.45. The number of hydrogen-bond acceptors (Lipinski definition) is 12. The van der Waals surface area contributed by atoms with Gasteiger partial charge >= 0.3 is 12.2 Å². The normalized spacial score (nSPS) is 18.1. The zero-order chi connectivity index (χ0) is 36.0. The van der Waals surface area contributed by atoms with Crippen molar-refractivity contribution in [2.24, 2.45) is 5.41 Å². The van der Waals surface area contributed by atoms with E-state index in [9.17, 15) is 27.6 Å². The van der Waals surface area contributed by atoms with Gasteiger partial charge in [-0.1, -0.05) is 45.0 Å². The average Bonchev–Trinajstić information content (AvgIpc) is 3.57. The van der Waals surface area contributed by atoms with Crippen LogP contribution in [0.3, 0.4) is 0 Å². The second kappa shape index (κ2) is 15.9. The van der Waals surface area contributed by atoms with E-state index in [-0.39, 0.29) is 26.1 Å². The second-order valence-electron chi connectivity index (χ2n) is 13.8. The summed E-state index contributed by atoms with van der Waals surface area (Å²) < 4.78 is 39.1. The molecule has 266 valence electrons. The van der Waals surface area contributed by atoms with Crippen molar-refractivity contribution in [1.82, 2.24) is 20.5 Å². The molecule has 0 radical (unpaired) electrons. The Morgan fingerprint density at radius 1 is 1.10 bits per heavy atom. The van der Waals surface area contributed by atoms with Gasteiger partial charge in [-0.25, -0.2) is 23.0 Å². The molecule has 0 bridgehead atoms. The number of likely N-dealkylation sites (tertiary alicyclic amines) is 1. The minimum Gasteiger partial charge on any atom is -0.444 e. The van der Waals surface area contributed by atoms with Crippen LogP contribution in [0.15, 0.2) is 29.8 Å². The fraction of sp³-hybridized carbons (Fsp3) is 0.594. The summed E-state index contributed by atoms with van der Waals surface area (Å²) in [6, 6.07) is 5.60. The lowest BCUT2D eigenvalue weighted by molar-refractivity contribution is -0.142. The lowest BCUT2D eigenvalue weighted by atomic mass is 9.85. The molecule has 2 heterocycles. The number of benzene rings is 1. The standard InChI is InChI=1S/C32H46N4O9S3/c1-19(47-48(9,41)42)17-43-30(40)44-23-14-24(27(37)33-15-21-10-12-22(13-11-21)25-20(2)34-18-46-25)36(16-23)28(38)26(31(3,4)5)35-29(39)45-32(6,7)8/h10-13,18-19,23-24,26H,14-17H2,1-9H3,(H,33,37)(H,35,39)/t19-,23-,24+,26-/m1/s1. The van der Waals surface area contributed by atoms with Gasteiger partial charge in [0, 0.05) is 19.2 Å². The van der Waals surface area contributed by atoms with Gasteiger partial charge in [-0.2, -0.15) is 0 Å². The number of hydrogen-bond donors (Lipinski definition) is 2. The van der Waals surface area contributed by atoms with E-state index in [1.165, 1.54) is 4.90 Å². The highest BCUT2D eigenvalue weighted by Crippen LogP contribution is 2.29. The van der Waals surface area contributed by atoms with Gasteiger partial charge in [0.25, 0.3) is 0 Å². The van der Waals surface area contributed by atoms with E-state index < -0.39 is 67.4 Å². The maximum Gasteiger partial charge on any atom is 0.508 e. The van der Waals surface area contributed by atoms with E-state index in [1.54, 1.807) is 65.3 Å². The average molecular weight is 727 g/mol. The van der Waals surface area contributed by atoms with Crippen LogP contribution >= 0.6 is 22.1 Å². The molecular weight excluding hydrogens is 681 g/mol. The molecule has 1 aromatic heterocycles. The van der Waals surface area contributed by atoms with E-state index in [4.69, 9.17) is 14.2 Å². The molecule has 16 heteroatoms. The smallest absolute Gasteiger partial charge is 0.444 e. The first-order valence-corrected chi connectivity index (χ1v) is 19.6. The first kappa shape index (κ1) is 39.1. The molecule has 2 N–H and O–H groups in total. The highest BCUT2D eigenvalue weighted by atomic mass is 33.1. The number of carbonyl (C=O) groups excluding carboxylic acids is 4. The Morgan fingerprint density at radius 3 is 2.29 bits per heavy atom. The maximum absolute atomic E-state index is 14.1. The summed E-state index contributed by atoms with van der Waals surface area (Å²) in [5.74, 6) is -1.01. The molecule has 1 aliphatic heterocycles. The predicted molar refractivity (Wildman–Crippen MR) is 185 cm³/mol. The van der Waals surface area contributed by atoms with Gasteiger partial charge in [-0.05, 0) is 62.0 Å². The van der Waals surface area contributed by atoms with Crippen LogP contribution in [0.4, 0.5) is 9.59 Å². The molecule has 0 saturated carbocycles. The predicted octanol–water partition coefficient (Wildman–Crippen LogP) is 4.88. The number of nitrogens with one attached hydrogen (secondary N) is 2. The molecule has 2 aromatic rings. The Morgan fingerprint density at radius 2 is 1.75 bits per heavy atom. The van der Waals surface area contributed by atoms with Gasteiger partial charge in [0.05, 0.1) is 27.9 Å². The molecule has 1 aromatic carbocycles. The Kier molecular flexibility index (Phi) is 12.9. The van der Waals surface area contributed by atoms with Gasteiger partial charge in [0.15, 0.2) is 8.87 Å². The van der Waals surface area contributed by atoms with Crippen LogP contribution < -0.4 is 10.6 Å². The summed E-state index contributed by atoms with van der Waals surface area (Å²) >= 11 is 1.54. The van der Waals surface area contributed by atoms with Gasteiger partial charge < -0.3 is 29.7 Å². The van der Waals surface area contributed by atoms with Crippen LogP contribution in [-0.2, 0) is 39.2 Å². The second-order valence-corrected chi connectivity index (χ2v) is 19.4. The van der Waals surface area contributed by atoms with Crippen LogP contribution in [0.25, 0.3) is 10.4 Å². The van der Waals surface area contributed by atoms with Crippen molar-refractivity contribution < 1.29 is 41.8 Å². The zero-order valence-electron chi connectivity index (χ0n) is 28.8. The van der Waals surface area contributed by atoms with Crippen molar-refractivity contribution in [3.63, 3.8) is 0 Å². The van der Waals surface area contributed by atoms with Gasteiger partial charge in [-0.3, -0.25) is 9.59 Å². The quantitative estimate of drug-likeness (QED) is 0.239. The van der Waals surface area contributed by atoms with Gasteiger partial charge in [0.1, 0.15) is 30.4 Å². The minimum atomic E-state index is -3.35. The van der Waals surface area contributed by atoms with E-state index in [0.29, 0.717) is 10.8 Å². The van der Waals surface area contributed by atoms with Crippen molar-refractivity contribution in [2.45, 2.75) is 97.4 Å². The molecule has 13 nitrogen and oxygen atoms in total. The third-order valence-corrected chi connectivity index (χ3v) is 10.9. The SMILES string of the molecule is Cc1ncsc1-c1ccc(CNC(=O)[C@@H]2C[C@@H](OC(=O)OC[C@@H](C)SS(C)(=O)=O)CN2C(=O)[C@@H](NC(=O)OC(C)(C)C)C(C)(C)C)cc1. The Labute approximate surface area is 290 Å². The largest absolute Gasteiger partial charge is 0.508 e. The summed E-state index contributed by atoms with van der Waals surface area (Å²) in [6.45, 7) is 13.8. The molecule has 3 rings (SSSR count). The number of rotatable bonds is 11. The first-order chi connectivity index (χ1) is 22.1. The number of aromatic nitrogens is 1. The Hall–Kier alpha value is -3.37. The summed E-state index contributed by atoms with van der Waals surface area (Å²) in [4.78, 5) is 59.7. The number of nitrogens with zero attached hydrogens (tertiary/aromatic N) is 2. The maximum atomic E-state index is 14.1. The van der Waals surface area contributed by atoms with E-state index >= 15 is 0 Å². The molecule has 0 unspecified atom stereocenters. The molecule has 1 saturated heterocycles. The summed E-state index contributed by atoms with van der Waals surface area (Å²) in [5.41, 5.74) is 2.99. The number of ether oxygens (including phenoxy) is 3. The van der Waals surface area contributed by atoms with E-state index in [0.717, 1.165) is 28.0 Å². The molecule has 0 spiro atoms. The highest BCUT2D eigenvalue weighted by molar-refractivity contribution is 8.72. The van der Waals surface area contributed by atoms with Crippen LogP contribution in [-0.4, -0.2) is 90.8 Å². The van der Waals surface area contributed by atoms with Crippen molar-refractivity contribution in [1.29, 1.82) is 0 Å². The number of thiazole rings is 1. The molecule has 3 amide bonds. The van der Waals surface area contributed by atoms with Crippen LogP contribution in [0.1, 0.15) is 66.1 Å². The van der Waals surface area contributed by atoms with Crippen LogP contribution in [0.5, 0.6) is 0 Å². The topological polar surface area (TPSA) is 170 Å². The van der Waals surface area contributed by atoms with E-state index in [2.05, 4.69) is 15.6 Å². The number of aryl methyl sites for hydroxylation is 1. The molecule has 48 heavy (non-hydrogen) atoms. The lowest BCUT2D eigenvalue weighted by Crippen LogP contribution is -2.58. The summed E-state index contributed by atoms with van der Waals surface area (Å²) in [7, 11) is -2.70. The first-order valence-electron chi connectivity index (χ1n) is 15.4. The number of alkyl carbamates (subject to hydrolysis) is 1. The molecule has 1 fully saturated rings. The fourth-order valence-electron chi connectivity index (χ4n) is 4.96. The van der Waals surface area contributed by atoms with Crippen molar-refractivity contribution in [3.05, 3.63) is 41.0 Å². The monoisotopic (exact) mass is 726 g/mol. The van der Waals surface area contributed by atoms with Crippen molar-refractivity contribution >= 4 is 55.1 Å². The van der Waals surface area contributed by atoms with Gasteiger partial charge in [-0.15, -0.1) is 11.3 Å². The van der Waals surface area contributed by atoms with Crippen LogP contribution in [0, 0.1) is 12.3 Å². The third kappa shape index (κ3) is 11.9. The highest BCUT2D eigenvalue weighted by Gasteiger charge is 2.46. The molecule has 1 aliphatic rings. The number of carbonyl (C=O) groups is 4. The molecule has 0 aliphatic carbocycles. The van der Waals surface area contributed by atoms with Crippen LogP contribution in [0.2, 0.25) is 0 Å². The van der Waals surface area contributed by atoms with Gasteiger partial charge in [0.2, 0.25) is 11.8 Å². The Balaban J connectivity index is 1.77. The lowest BCUT2D eigenvalue weighted by Gasteiger charge is -2.35. The van der Waals surface area contributed by atoms with Crippen molar-refractivity contribution in [2.75, 3.05) is 19.4 Å². The molecular formula is C32H46N4O9S3. The van der Waals surface area contributed by atoms with E-state index in [1.807, 2.05) is 31.2 Å². The Bertz CT molecular complexity index is 1560. The molecule has 4 atom stereocenters. The minimum absolute atomic E-state index is 0.0206. The van der Waals surface area contributed by atoms with Crippen molar-refractivity contribution in [3.8, 4) is 10.4 Å². The number of amides is 3. The summed E-state index contributed by atoms with van der Waals surface area (Å²) in [5, 5.41) is 5.01. The summed E-state index contributed by atoms with van der Waals surface area (Å²) in [6.07, 6.45) is -1.70.